The predicted octanol–water partition coefficient (Wildman–Crippen LogP) is 0.799. The highest BCUT2D eigenvalue weighted by molar-refractivity contribution is 4.72. The van der Waals surface area contributed by atoms with Crippen molar-refractivity contribution >= 4 is 0 Å². The molecule has 1 N–H and O–H groups in total. The maximum Gasteiger partial charge on any atom is 0.214 e. The van der Waals surface area contributed by atoms with Crippen molar-refractivity contribution in [3.05, 3.63) is 11.4 Å². The fourth-order valence-electron chi connectivity index (χ4n) is 0.585. The van der Waals surface area contributed by atoms with Crippen LogP contribution in [-0.2, 0) is 0 Å². The Morgan fingerprint density at radius 2 is 2.30 bits per heavy atom. The zero-order chi connectivity index (χ0) is 7.66. The second-order valence-corrected chi connectivity index (χ2v) is 1.92. The summed E-state index contributed by atoms with van der Waals surface area (Å²) in [5.74, 6) is 0. The van der Waals surface area contributed by atoms with Gasteiger partial charge in [0.25, 0.3) is 0 Å². The molecule has 0 rings (SSSR count). The summed E-state index contributed by atoms with van der Waals surface area (Å²) in [5.41, 5.74) is 0. The topological polar surface area (TPSA) is 40.2 Å². The molecule has 0 saturated heterocycles. The van der Waals surface area contributed by atoms with E-state index in [-0.39, 0.29) is 0 Å². The van der Waals surface area contributed by atoms with Crippen LogP contribution in [0.2, 0.25) is 0 Å². The molecule has 0 aliphatic carbocycles. The van der Waals surface area contributed by atoms with Crippen LogP contribution >= 0.6 is 0 Å². The number of nitrogens with zero attached hydrogens (tertiary/aromatic N) is 2. The van der Waals surface area contributed by atoms with Gasteiger partial charge in [-0.25, -0.2) is 6.57 Å². The third-order valence-electron chi connectivity index (χ3n) is 1.08. The number of nitriles is 1. The summed E-state index contributed by atoms with van der Waals surface area (Å²) < 4.78 is 0. The van der Waals surface area contributed by atoms with Crippen LogP contribution in [0, 0.1) is 17.9 Å². The first-order chi connectivity index (χ1) is 4.91. The van der Waals surface area contributed by atoms with Crippen LogP contribution in [-0.4, -0.2) is 19.6 Å². The van der Waals surface area contributed by atoms with Crippen LogP contribution in [0.3, 0.4) is 0 Å². The molecule has 0 atom stereocenters. The molecule has 0 bridgehead atoms. The van der Waals surface area contributed by atoms with Crippen LogP contribution in [0.25, 0.3) is 4.85 Å². The van der Waals surface area contributed by atoms with Gasteiger partial charge < -0.3 is 10.2 Å². The highest BCUT2D eigenvalue weighted by Gasteiger charge is 1.88. The second-order valence-electron chi connectivity index (χ2n) is 1.92. The van der Waals surface area contributed by atoms with Crippen molar-refractivity contribution in [3.63, 3.8) is 0 Å². The Kier molecular flexibility index (Phi) is 7.10. The molecule has 0 fully saturated rings. The monoisotopic (exact) mass is 137 g/mol. The van der Waals surface area contributed by atoms with E-state index in [1.54, 1.807) is 0 Å². The summed E-state index contributed by atoms with van der Waals surface area (Å²) in [6, 6.07) is 1.99. The molecule has 0 amide bonds. The lowest BCUT2D eigenvalue weighted by Gasteiger charge is -1.94. The van der Waals surface area contributed by atoms with Crippen molar-refractivity contribution in [1.82, 2.24) is 5.32 Å². The van der Waals surface area contributed by atoms with E-state index in [2.05, 4.69) is 10.2 Å². The van der Waals surface area contributed by atoms with Gasteiger partial charge in [0, 0.05) is 6.42 Å². The Balaban J connectivity index is 2.80. The first-order valence-electron chi connectivity index (χ1n) is 3.32. The van der Waals surface area contributed by atoms with E-state index in [9.17, 15) is 0 Å². The molecule has 0 radical (unpaired) electrons. The molecule has 3 nitrogen and oxygen atoms in total. The van der Waals surface area contributed by atoms with Crippen LogP contribution in [0.5, 0.6) is 0 Å². The van der Waals surface area contributed by atoms with Gasteiger partial charge in [-0.2, -0.15) is 5.26 Å². The number of rotatable bonds is 5. The summed E-state index contributed by atoms with van der Waals surface area (Å²) >= 11 is 0. The van der Waals surface area contributed by atoms with E-state index in [1.807, 2.05) is 6.07 Å². The molecule has 3 heteroatoms. The molecule has 0 aliphatic rings. The molecule has 0 aromatic heterocycles. The van der Waals surface area contributed by atoms with Crippen molar-refractivity contribution in [2.24, 2.45) is 0 Å². The molecule has 0 saturated carbocycles. The van der Waals surface area contributed by atoms with Crippen molar-refractivity contribution in [1.29, 1.82) is 5.26 Å². The Bertz CT molecular complexity index is 122. The van der Waals surface area contributed by atoms with E-state index in [0.29, 0.717) is 13.1 Å². The summed E-state index contributed by atoms with van der Waals surface area (Å²) in [6.07, 6.45) is 1.92. The Morgan fingerprint density at radius 3 is 2.90 bits per heavy atom. The maximum atomic E-state index is 8.11. The van der Waals surface area contributed by atoms with Crippen LogP contribution in [0.1, 0.15) is 12.8 Å². The number of nitrogens with one attached hydrogen (secondary N) is 1. The zero-order valence-corrected chi connectivity index (χ0v) is 5.93. The highest BCUT2D eigenvalue weighted by atomic mass is 14.8. The van der Waals surface area contributed by atoms with Crippen molar-refractivity contribution in [2.75, 3.05) is 19.6 Å². The maximum absolute atomic E-state index is 8.11. The predicted molar refractivity (Wildman–Crippen MR) is 39.2 cm³/mol. The standard InChI is InChI=1S/C7H11N3/c1-9-5-2-3-6-10-7-4-8/h10H,2-3,5-7H2. The van der Waals surface area contributed by atoms with Gasteiger partial charge in [0.2, 0.25) is 6.54 Å². The van der Waals surface area contributed by atoms with Gasteiger partial charge >= 0.3 is 0 Å². The average Bonchev–Trinajstić information content (AvgIpc) is 1.97. The molecule has 0 aromatic carbocycles. The minimum absolute atomic E-state index is 0.415. The number of hydrogen-bond donors (Lipinski definition) is 1. The van der Waals surface area contributed by atoms with E-state index in [4.69, 9.17) is 11.8 Å². The van der Waals surface area contributed by atoms with Gasteiger partial charge in [-0.15, -0.1) is 0 Å². The Labute approximate surface area is 61.5 Å². The van der Waals surface area contributed by atoms with Crippen molar-refractivity contribution in [2.45, 2.75) is 12.8 Å². The van der Waals surface area contributed by atoms with E-state index in [1.165, 1.54) is 0 Å². The minimum Gasteiger partial charge on any atom is -0.317 e. The molecule has 0 unspecified atom stereocenters. The SMILES string of the molecule is [C-]#[N+]CCCCNCC#N. The summed E-state index contributed by atoms with van der Waals surface area (Å²) in [7, 11) is 0. The lowest BCUT2D eigenvalue weighted by atomic mass is 10.3. The third kappa shape index (κ3) is 6.94. The minimum atomic E-state index is 0.415. The van der Waals surface area contributed by atoms with Gasteiger partial charge in [0.15, 0.2) is 0 Å². The molecule has 0 aliphatic heterocycles. The Morgan fingerprint density at radius 1 is 1.50 bits per heavy atom. The van der Waals surface area contributed by atoms with Crippen molar-refractivity contribution in [3.8, 4) is 6.07 Å². The summed E-state index contributed by atoms with van der Waals surface area (Å²) in [6.45, 7) is 8.34. The molecule has 0 heterocycles. The first-order valence-corrected chi connectivity index (χ1v) is 3.32. The Hall–Kier alpha value is -1.06. The van der Waals surface area contributed by atoms with Gasteiger partial charge in [-0.05, 0) is 13.0 Å². The quantitative estimate of drug-likeness (QED) is 0.346. The molecule has 54 valence electrons. The van der Waals surface area contributed by atoms with Crippen LogP contribution in [0.4, 0.5) is 0 Å². The largest absolute Gasteiger partial charge is 0.317 e. The fourth-order valence-corrected chi connectivity index (χ4v) is 0.585. The van der Waals surface area contributed by atoms with Gasteiger partial charge in [-0.1, -0.05) is 0 Å². The smallest absolute Gasteiger partial charge is 0.214 e. The normalized spacial score (nSPS) is 8.20. The van der Waals surface area contributed by atoms with E-state index >= 15 is 0 Å². The van der Waals surface area contributed by atoms with E-state index < -0.39 is 0 Å². The molecule has 0 aromatic rings. The molecular formula is C7H11N3. The van der Waals surface area contributed by atoms with Gasteiger partial charge in [0.05, 0.1) is 12.6 Å². The lowest BCUT2D eigenvalue weighted by molar-refractivity contribution is 0.678. The van der Waals surface area contributed by atoms with Gasteiger partial charge in [0.1, 0.15) is 0 Å². The zero-order valence-electron chi connectivity index (χ0n) is 5.93. The number of hydrogen-bond acceptors (Lipinski definition) is 2. The molecule has 0 spiro atoms. The van der Waals surface area contributed by atoms with Crippen LogP contribution in [0.15, 0.2) is 0 Å². The summed E-state index contributed by atoms with van der Waals surface area (Å²) in [5, 5.41) is 11.0. The lowest BCUT2D eigenvalue weighted by Crippen LogP contribution is -2.15. The summed E-state index contributed by atoms with van der Waals surface area (Å²) in [4.78, 5) is 3.21. The van der Waals surface area contributed by atoms with Gasteiger partial charge in [-0.3, -0.25) is 0 Å². The van der Waals surface area contributed by atoms with Crippen molar-refractivity contribution < 1.29 is 0 Å². The highest BCUT2D eigenvalue weighted by Crippen LogP contribution is 1.85. The second kappa shape index (κ2) is 7.94. The average molecular weight is 137 g/mol. The molecular weight excluding hydrogens is 126 g/mol. The van der Waals surface area contributed by atoms with Crippen LogP contribution < -0.4 is 5.32 Å². The molecule has 10 heavy (non-hydrogen) atoms. The fraction of sp³-hybridized carbons (Fsp3) is 0.714. The third-order valence-corrected chi connectivity index (χ3v) is 1.08. The van der Waals surface area contributed by atoms with E-state index in [0.717, 1.165) is 19.4 Å². The number of unbranched alkanes of at least 4 members (excludes halogenated alkanes) is 1. The first kappa shape index (κ1) is 8.94.